The molecule has 184 valence electrons. The minimum atomic E-state index is -0.365. The maximum atomic E-state index is 12.9. The summed E-state index contributed by atoms with van der Waals surface area (Å²) in [6.07, 6.45) is 0.779. The first-order valence-corrected chi connectivity index (χ1v) is 11.9. The Morgan fingerprint density at radius 2 is 1.58 bits per heavy atom. The molecule has 1 saturated carbocycles. The number of nitrogens with zero attached hydrogens (tertiary/aromatic N) is 4. The van der Waals surface area contributed by atoms with Crippen LogP contribution >= 0.6 is 0 Å². The second kappa shape index (κ2) is 7.64. The predicted octanol–water partition coefficient (Wildman–Crippen LogP) is 1.35. The number of carbonyl (C=O) groups excluding carboxylic acids is 4. The Bertz CT molecular complexity index is 1510. The van der Waals surface area contributed by atoms with Crippen LogP contribution in [0, 0.1) is 11.3 Å². The number of anilines is 1. The third-order valence-corrected chi connectivity index (χ3v) is 7.84. The van der Waals surface area contributed by atoms with E-state index in [1.54, 1.807) is 64.5 Å². The summed E-state index contributed by atoms with van der Waals surface area (Å²) in [5.41, 5.74) is 2.58. The van der Waals surface area contributed by atoms with Crippen LogP contribution in [0.3, 0.4) is 0 Å². The van der Waals surface area contributed by atoms with Crippen molar-refractivity contribution >= 4 is 40.3 Å². The van der Waals surface area contributed by atoms with Crippen LogP contribution in [0.2, 0.25) is 0 Å². The van der Waals surface area contributed by atoms with Gasteiger partial charge in [-0.1, -0.05) is 12.1 Å². The number of aromatic nitrogens is 2. The molecule has 0 radical (unpaired) electrons. The van der Waals surface area contributed by atoms with Gasteiger partial charge in [0.25, 0.3) is 11.8 Å². The summed E-state index contributed by atoms with van der Waals surface area (Å²) in [5.74, 6) is -1.12. The number of benzene rings is 2. The number of fused-ring (bicyclic) bond motifs is 2. The summed E-state index contributed by atoms with van der Waals surface area (Å²) in [6.45, 7) is 1.04. The number of imide groups is 1. The molecule has 2 aliphatic heterocycles. The Morgan fingerprint density at radius 3 is 2.25 bits per heavy atom. The molecule has 1 atom stereocenters. The van der Waals surface area contributed by atoms with Crippen molar-refractivity contribution in [3.8, 4) is 0 Å². The fraction of sp³-hybridized carbons (Fsp3) is 0.346. The Labute approximate surface area is 206 Å². The van der Waals surface area contributed by atoms with E-state index < -0.39 is 0 Å². The van der Waals surface area contributed by atoms with E-state index in [4.69, 9.17) is 0 Å². The lowest BCUT2D eigenvalue weighted by molar-refractivity contribution is -0.140. The summed E-state index contributed by atoms with van der Waals surface area (Å²) in [7, 11) is 3.40. The molecular formula is C26H25N5O5. The first-order valence-electron chi connectivity index (χ1n) is 11.9. The molecule has 3 aromatic rings. The predicted molar refractivity (Wildman–Crippen MR) is 130 cm³/mol. The summed E-state index contributed by atoms with van der Waals surface area (Å²) in [6, 6.07) is 12.0. The highest BCUT2D eigenvalue weighted by atomic mass is 16.2. The van der Waals surface area contributed by atoms with E-state index in [0.717, 1.165) is 15.9 Å². The zero-order chi connectivity index (χ0) is 25.4. The number of aryl methyl sites for hydroxylation is 2. The molecule has 3 aliphatic rings. The average Bonchev–Trinajstić information content (AvgIpc) is 3.52. The smallest absolute Gasteiger partial charge is 0.328 e. The summed E-state index contributed by atoms with van der Waals surface area (Å²) < 4.78 is 3.10. The number of hydrogen-bond donors (Lipinski definition) is 1. The lowest BCUT2D eigenvalue weighted by atomic mass is 9.92. The minimum Gasteiger partial charge on any atom is -0.341 e. The Balaban J connectivity index is 1.02. The molecule has 3 heterocycles. The van der Waals surface area contributed by atoms with Gasteiger partial charge in [0.05, 0.1) is 22.2 Å². The van der Waals surface area contributed by atoms with Crippen LogP contribution in [0.5, 0.6) is 0 Å². The highest BCUT2D eigenvalue weighted by Gasteiger charge is 2.65. The number of nitrogens with one attached hydrogen (secondary N) is 1. The lowest BCUT2D eigenvalue weighted by Crippen LogP contribution is -2.53. The minimum absolute atomic E-state index is 0.0447. The summed E-state index contributed by atoms with van der Waals surface area (Å²) >= 11 is 0. The zero-order valence-corrected chi connectivity index (χ0v) is 20.0. The molecular weight excluding hydrogens is 462 g/mol. The van der Waals surface area contributed by atoms with Crippen LogP contribution in [0.25, 0.3) is 11.0 Å². The van der Waals surface area contributed by atoms with Gasteiger partial charge in [-0.25, -0.2) is 4.79 Å². The van der Waals surface area contributed by atoms with Gasteiger partial charge in [-0.3, -0.25) is 33.2 Å². The number of rotatable bonds is 5. The molecule has 2 fully saturated rings. The molecule has 1 unspecified atom stereocenters. The van der Waals surface area contributed by atoms with Crippen molar-refractivity contribution in [3.63, 3.8) is 0 Å². The molecule has 36 heavy (non-hydrogen) atoms. The first-order chi connectivity index (χ1) is 17.2. The fourth-order valence-electron chi connectivity index (χ4n) is 5.58. The standard InChI is InChI=1S/C26H25N5O5/c1-28-19-8-7-15(11-20(19)29(2)25(28)36)27-22(33)18-12-26(18)13-30(14-26)21(32)9-10-31-23(34)16-5-3-4-6-17(16)24(31)35/h3-8,11,18H,9-10,12-14H2,1-2H3,(H,27,33). The largest absolute Gasteiger partial charge is 0.341 e. The van der Waals surface area contributed by atoms with E-state index in [9.17, 15) is 24.0 Å². The average molecular weight is 488 g/mol. The van der Waals surface area contributed by atoms with Crippen molar-refractivity contribution in [2.45, 2.75) is 12.8 Å². The van der Waals surface area contributed by atoms with Crippen LogP contribution in [0.4, 0.5) is 5.69 Å². The van der Waals surface area contributed by atoms with E-state index in [1.807, 2.05) is 6.07 Å². The van der Waals surface area contributed by atoms with Crippen molar-refractivity contribution in [1.29, 1.82) is 0 Å². The van der Waals surface area contributed by atoms with Crippen LogP contribution in [-0.4, -0.2) is 62.2 Å². The number of imidazole rings is 1. The van der Waals surface area contributed by atoms with Gasteiger partial charge in [-0.2, -0.15) is 0 Å². The summed E-state index contributed by atoms with van der Waals surface area (Å²) in [5, 5.41) is 2.95. The van der Waals surface area contributed by atoms with E-state index >= 15 is 0 Å². The Kier molecular flexibility index (Phi) is 4.73. The number of carbonyl (C=O) groups is 4. The summed E-state index contributed by atoms with van der Waals surface area (Å²) in [4.78, 5) is 65.5. The maximum Gasteiger partial charge on any atom is 0.328 e. The van der Waals surface area contributed by atoms with E-state index in [1.165, 1.54) is 0 Å². The maximum absolute atomic E-state index is 12.9. The van der Waals surface area contributed by atoms with Crippen molar-refractivity contribution < 1.29 is 19.2 Å². The molecule has 6 rings (SSSR count). The monoisotopic (exact) mass is 487 g/mol. The van der Waals surface area contributed by atoms with Crippen LogP contribution < -0.4 is 11.0 Å². The molecule has 1 aliphatic carbocycles. The zero-order valence-electron chi connectivity index (χ0n) is 20.0. The molecule has 2 aromatic carbocycles. The molecule has 10 nitrogen and oxygen atoms in total. The second-order valence-electron chi connectivity index (χ2n) is 10.0. The molecule has 1 spiro atoms. The normalized spacial score (nSPS) is 19.6. The highest BCUT2D eigenvalue weighted by molar-refractivity contribution is 6.21. The highest BCUT2D eigenvalue weighted by Crippen LogP contribution is 2.59. The number of amides is 4. The van der Waals surface area contributed by atoms with Gasteiger partial charge in [0, 0.05) is 57.2 Å². The molecule has 1 saturated heterocycles. The molecule has 0 bridgehead atoms. The van der Waals surface area contributed by atoms with Crippen molar-refractivity contribution in [3.05, 3.63) is 64.1 Å². The van der Waals surface area contributed by atoms with Crippen molar-refractivity contribution in [1.82, 2.24) is 18.9 Å². The number of likely N-dealkylation sites (tertiary alicyclic amines) is 1. The van der Waals surface area contributed by atoms with Crippen molar-refractivity contribution in [2.75, 3.05) is 25.0 Å². The Hall–Kier alpha value is -4.21. The third kappa shape index (κ3) is 3.20. The quantitative estimate of drug-likeness (QED) is 0.546. The van der Waals surface area contributed by atoms with Crippen LogP contribution in [0.15, 0.2) is 47.3 Å². The molecule has 10 heteroatoms. The van der Waals surface area contributed by atoms with Crippen molar-refractivity contribution in [2.24, 2.45) is 25.4 Å². The Morgan fingerprint density at radius 1 is 0.944 bits per heavy atom. The first kappa shape index (κ1) is 22.3. The van der Waals surface area contributed by atoms with E-state index in [-0.39, 0.29) is 53.6 Å². The van der Waals surface area contributed by atoms with Gasteiger partial charge in [0.2, 0.25) is 11.8 Å². The second-order valence-corrected chi connectivity index (χ2v) is 10.0. The molecule has 1 aromatic heterocycles. The van der Waals surface area contributed by atoms with Gasteiger partial charge < -0.3 is 10.2 Å². The fourth-order valence-corrected chi connectivity index (χ4v) is 5.58. The van der Waals surface area contributed by atoms with Gasteiger partial charge in [-0.05, 0) is 36.8 Å². The van der Waals surface area contributed by atoms with Gasteiger partial charge in [0.15, 0.2) is 0 Å². The topological polar surface area (TPSA) is 114 Å². The van der Waals surface area contributed by atoms with Crippen LogP contribution in [-0.2, 0) is 23.7 Å². The van der Waals surface area contributed by atoms with E-state index in [0.29, 0.717) is 36.3 Å². The molecule has 1 N–H and O–H groups in total. The SMILES string of the molecule is Cn1c(=O)n(C)c2cc(NC(=O)C3CC34CN(C(=O)CCN3C(=O)c5ccccc5C3=O)C4)ccc21. The van der Waals surface area contributed by atoms with Gasteiger partial charge in [0.1, 0.15) is 0 Å². The van der Waals surface area contributed by atoms with E-state index in [2.05, 4.69) is 5.32 Å². The number of hydrogen-bond acceptors (Lipinski definition) is 5. The van der Waals surface area contributed by atoms with Gasteiger partial charge in [-0.15, -0.1) is 0 Å². The van der Waals surface area contributed by atoms with Crippen LogP contribution in [0.1, 0.15) is 33.6 Å². The molecule has 4 amide bonds. The third-order valence-electron chi connectivity index (χ3n) is 7.84. The lowest BCUT2D eigenvalue weighted by Gasteiger charge is -2.41. The van der Waals surface area contributed by atoms with Gasteiger partial charge >= 0.3 is 5.69 Å².